The Morgan fingerprint density at radius 1 is 0.286 bits per heavy atom. The maximum Gasteiger partial charge on any atom is 0.472 e. The lowest BCUT2D eigenvalue weighted by Gasteiger charge is -2.21. The van der Waals surface area contributed by atoms with E-state index in [1.54, 1.807) is 0 Å². The smallest absolute Gasteiger partial charge is 0.462 e. The molecule has 0 bridgehead atoms. The highest BCUT2D eigenvalue weighted by Crippen LogP contribution is 2.45. The van der Waals surface area contributed by atoms with Gasteiger partial charge in [-0.1, -0.05) is 351 Å². The molecular weight excluding hydrogens is 1280 g/mol. The van der Waals surface area contributed by atoms with Gasteiger partial charge in [-0.15, -0.1) is 0 Å². The van der Waals surface area contributed by atoms with Gasteiger partial charge in [0.1, 0.15) is 19.3 Å². The van der Waals surface area contributed by atoms with Gasteiger partial charge in [0, 0.05) is 25.7 Å². The van der Waals surface area contributed by atoms with E-state index in [2.05, 4.69) is 55.4 Å². The molecule has 0 aliphatic heterocycles. The first-order chi connectivity index (χ1) is 47.1. The number of esters is 4. The number of ether oxygens (including phenoxy) is 4. The summed E-state index contributed by atoms with van der Waals surface area (Å²) in [5, 5.41) is 10.6. The first kappa shape index (κ1) is 96.1. The Morgan fingerprint density at radius 2 is 0.490 bits per heavy atom. The van der Waals surface area contributed by atoms with E-state index in [-0.39, 0.29) is 25.7 Å². The van der Waals surface area contributed by atoms with Crippen LogP contribution < -0.4 is 0 Å². The van der Waals surface area contributed by atoms with Gasteiger partial charge in [-0.2, -0.15) is 0 Å². The van der Waals surface area contributed by atoms with Crippen LogP contribution in [0.15, 0.2) is 0 Å². The van der Waals surface area contributed by atoms with Crippen LogP contribution >= 0.6 is 15.6 Å². The SMILES string of the molecule is CCC(C)CCCCCCCCCCCCCCCCCCCCC(=O)O[C@H](COC(=O)CCCCCCCCCCCCCC(C)C)COP(=O)(O)OC[C@@H](O)COP(=O)(O)OC[C@@H](COC(=O)CCCCCCCCC(C)C)OC(=O)CCCCCCCCCCCCC(C)C. The van der Waals surface area contributed by atoms with Crippen molar-refractivity contribution in [2.75, 3.05) is 39.6 Å². The summed E-state index contributed by atoms with van der Waals surface area (Å²) in [6, 6.07) is 0. The van der Waals surface area contributed by atoms with E-state index in [1.807, 2.05) is 0 Å². The van der Waals surface area contributed by atoms with Crippen molar-refractivity contribution in [1.82, 2.24) is 0 Å². The number of rotatable bonds is 76. The molecule has 6 atom stereocenters. The molecular formula is C79H154O17P2. The summed E-state index contributed by atoms with van der Waals surface area (Å²) in [7, 11) is -9.92. The molecule has 3 N–H and O–H groups in total. The number of phosphoric acid groups is 2. The van der Waals surface area contributed by atoms with Crippen LogP contribution in [0.5, 0.6) is 0 Å². The van der Waals surface area contributed by atoms with Crippen LogP contribution in [0.1, 0.15) is 402 Å². The van der Waals surface area contributed by atoms with Gasteiger partial charge in [0.15, 0.2) is 12.2 Å². The quantitative estimate of drug-likeness (QED) is 0.0222. The molecule has 17 nitrogen and oxygen atoms in total. The van der Waals surface area contributed by atoms with E-state index >= 15 is 0 Å². The highest BCUT2D eigenvalue weighted by Gasteiger charge is 2.30. The van der Waals surface area contributed by atoms with Crippen molar-refractivity contribution in [3.05, 3.63) is 0 Å². The van der Waals surface area contributed by atoms with Crippen molar-refractivity contribution < 1.29 is 80.2 Å². The van der Waals surface area contributed by atoms with Crippen LogP contribution in [-0.2, 0) is 65.4 Å². The summed E-state index contributed by atoms with van der Waals surface area (Å²) in [5.74, 6) is 0.954. The number of carbonyl (C=O) groups excluding carboxylic acids is 4. The van der Waals surface area contributed by atoms with Crippen molar-refractivity contribution in [3.8, 4) is 0 Å². The second kappa shape index (κ2) is 68.2. The topological polar surface area (TPSA) is 237 Å². The van der Waals surface area contributed by atoms with Crippen LogP contribution in [-0.4, -0.2) is 96.7 Å². The Hall–Kier alpha value is -1.94. The van der Waals surface area contributed by atoms with E-state index in [0.717, 1.165) is 114 Å². The molecule has 0 saturated carbocycles. The van der Waals surface area contributed by atoms with Gasteiger partial charge < -0.3 is 33.8 Å². The Morgan fingerprint density at radius 3 is 0.724 bits per heavy atom. The predicted octanol–water partition coefficient (Wildman–Crippen LogP) is 23.2. The lowest BCUT2D eigenvalue weighted by molar-refractivity contribution is -0.161. The molecule has 98 heavy (non-hydrogen) atoms. The minimum absolute atomic E-state index is 0.105. The molecule has 0 aromatic heterocycles. The van der Waals surface area contributed by atoms with Crippen LogP contribution in [0.3, 0.4) is 0 Å². The molecule has 0 aromatic carbocycles. The van der Waals surface area contributed by atoms with Gasteiger partial charge in [0.05, 0.1) is 26.4 Å². The summed E-state index contributed by atoms with van der Waals surface area (Å²) < 4.78 is 68.6. The van der Waals surface area contributed by atoms with Crippen LogP contribution in [0, 0.1) is 23.7 Å². The second-order valence-electron chi connectivity index (χ2n) is 30.1. The average Bonchev–Trinajstić information content (AvgIpc) is 0.981. The highest BCUT2D eigenvalue weighted by atomic mass is 31.2. The monoisotopic (exact) mass is 1440 g/mol. The first-order valence-electron chi connectivity index (χ1n) is 40.7. The lowest BCUT2D eigenvalue weighted by atomic mass is 9.99. The fourth-order valence-electron chi connectivity index (χ4n) is 12.0. The maximum atomic E-state index is 13.1. The van der Waals surface area contributed by atoms with Gasteiger partial charge in [0.25, 0.3) is 0 Å². The maximum absolute atomic E-state index is 13.1. The minimum Gasteiger partial charge on any atom is -0.462 e. The molecule has 0 amide bonds. The average molecular weight is 1440 g/mol. The van der Waals surface area contributed by atoms with Crippen molar-refractivity contribution >= 4 is 39.5 Å². The summed E-state index contributed by atoms with van der Waals surface area (Å²) in [4.78, 5) is 72.9. The third-order valence-electron chi connectivity index (χ3n) is 18.7. The van der Waals surface area contributed by atoms with Gasteiger partial charge in [-0.25, -0.2) is 9.13 Å². The molecule has 0 aromatic rings. The van der Waals surface area contributed by atoms with Crippen molar-refractivity contribution in [1.29, 1.82) is 0 Å². The number of aliphatic hydroxyl groups excluding tert-OH is 1. The number of phosphoric ester groups is 2. The zero-order chi connectivity index (χ0) is 72.4. The van der Waals surface area contributed by atoms with Gasteiger partial charge in [0.2, 0.25) is 0 Å². The molecule has 0 aliphatic carbocycles. The van der Waals surface area contributed by atoms with Gasteiger partial charge >= 0.3 is 39.5 Å². The third-order valence-corrected chi connectivity index (χ3v) is 20.6. The third kappa shape index (κ3) is 71.1. The number of hydrogen-bond donors (Lipinski definition) is 3. The van der Waals surface area contributed by atoms with E-state index in [0.29, 0.717) is 31.6 Å². The molecule has 0 saturated heterocycles. The van der Waals surface area contributed by atoms with E-state index in [4.69, 9.17) is 37.0 Å². The normalized spacial score (nSPS) is 14.3. The molecule has 19 heteroatoms. The summed E-state index contributed by atoms with van der Waals surface area (Å²) >= 11 is 0. The van der Waals surface area contributed by atoms with Crippen molar-refractivity contribution in [2.45, 2.75) is 420 Å². The van der Waals surface area contributed by atoms with E-state index < -0.39 is 97.5 Å². The predicted molar refractivity (Wildman–Crippen MR) is 400 cm³/mol. The van der Waals surface area contributed by atoms with Crippen molar-refractivity contribution in [3.63, 3.8) is 0 Å². The molecule has 0 heterocycles. The highest BCUT2D eigenvalue weighted by molar-refractivity contribution is 7.47. The molecule has 0 fully saturated rings. The summed E-state index contributed by atoms with van der Waals surface area (Å²) in [6.07, 6.45) is 54.3. The number of carbonyl (C=O) groups is 4. The molecule has 0 radical (unpaired) electrons. The molecule has 3 unspecified atom stereocenters. The largest absolute Gasteiger partial charge is 0.472 e. The molecule has 0 spiro atoms. The molecule has 0 aliphatic rings. The summed E-state index contributed by atoms with van der Waals surface area (Å²) in [6.45, 7) is 14.2. The fraction of sp³-hybridized carbons (Fsp3) is 0.949. The zero-order valence-corrected chi connectivity index (χ0v) is 66.2. The summed E-state index contributed by atoms with van der Waals surface area (Å²) in [5.41, 5.74) is 0. The minimum atomic E-state index is -4.96. The van der Waals surface area contributed by atoms with E-state index in [1.165, 1.54) is 199 Å². The van der Waals surface area contributed by atoms with Crippen LogP contribution in [0.4, 0.5) is 0 Å². The fourth-order valence-corrected chi connectivity index (χ4v) is 13.6. The second-order valence-corrected chi connectivity index (χ2v) is 33.0. The van der Waals surface area contributed by atoms with Crippen LogP contribution in [0.25, 0.3) is 0 Å². The number of hydrogen-bond acceptors (Lipinski definition) is 15. The standard InChI is InChI=1S/C79H154O17P2/c1-9-72(8)58-50-42-33-27-20-16-14-12-10-11-13-15-17-21-29-35-45-53-61-78(83)95-74(65-89-76(81)59-51-43-34-28-22-18-19-25-31-39-47-55-69(2)3)67-93-97(85,86)91-63-73(80)64-92-98(87,88)94-68-75(66-90-77(82)60-52-44-38-37-41-49-57-71(6)7)96-79(84)62-54-46-36-30-24-23-26-32-40-48-56-70(4)5/h69-75,80H,9-68H2,1-8H3,(H,85,86)(H,87,88)/t72?,73-,74-,75-/m1/s1. The number of unbranched alkanes of at least 4 members (excludes halogenated alkanes) is 41. The number of aliphatic hydroxyl groups is 1. The Balaban J connectivity index is 5.20. The molecule has 582 valence electrons. The Labute approximate surface area is 600 Å². The van der Waals surface area contributed by atoms with E-state index in [9.17, 15) is 43.2 Å². The Kier molecular flexibility index (Phi) is 66.8. The lowest BCUT2D eigenvalue weighted by Crippen LogP contribution is -2.30. The van der Waals surface area contributed by atoms with Crippen LogP contribution in [0.2, 0.25) is 0 Å². The first-order valence-corrected chi connectivity index (χ1v) is 43.7. The Bertz CT molecular complexity index is 1920. The van der Waals surface area contributed by atoms with Gasteiger partial charge in [-0.05, 0) is 49.4 Å². The van der Waals surface area contributed by atoms with Crippen molar-refractivity contribution in [2.24, 2.45) is 23.7 Å². The zero-order valence-electron chi connectivity index (χ0n) is 64.4. The van der Waals surface area contributed by atoms with Gasteiger partial charge in [-0.3, -0.25) is 37.3 Å². The molecule has 0 rings (SSSR count).